The smallest absolute Gasteiger partial charge is 0.0673 e. The summed E-state index contributed by atoms with van der Waals surface area (Å²) in [5, 5.41) is 0. The summed E-state index contributed by atoms with van der Waals surface area (Å²) in [6, 6.07) is 0. The second-order valence-corrected chi connectivity index (χ2v) is 5.14. The first-order valence-electron chi connectivity index (χ1n) is 5.57. The van der Waals surface area contributed by atoms with Crippen LogP contribution in [0.15, 0.2) is 0 Å². The molecule has 0 amide bonds. The van der Waals surface area contributed by atoms with Gasteiger partial charge in [-0.3, -0.25) is 0 Å². The van der Waals surface area contributed by atoms with Gasteiger partial charge in [-0.25, -0.2) is 0 Å². The standard InChI is InChI=1S/C11H24N2O/c1-10-7-13(5-4-6-14-10)9-11(2,3)8-12/h10H,4-9,12H2,1-3H3. The van der Waals surface area contributed by atoms with Crippen molar-refractivity contribution in [2.24, 2.45) is 11.1 Å². The SMILES string of the molecule is CC1CN(CC(C)(C)CN)CCCO1. The Bertz CT molecular complexity index is 171. The molecule has 0 aromatic rings. The summed E-state index contributed by atoms with van der Waals surface area (Å²) in [7, 11) is 0. The van der Waals surface area contributed by atoms with Crippen LogP contribution in [0.25, 0.3) is 0 Å². The Balaban J connectivity index is 2.42. The first kappa shape index (κ1) is 12.0. The van der Waals surface area contributed by atoms with Crippen molar-refractivity contribution >= 4 is 0 Å². The highest BCUT2D eigenvalue weighted by molar-refractivity contribution is 4.77. The summed E-state index contributed by atoms with van der Waals surface area (Å²) in [5.41, 5.74) is 5.97. The molecule has 84 valence electrons. The molecule has 0 aliphatic carbocycles. The van der Waals surface area contributed by atoms with Crippen molar-refractivity contribution in [2.45, 2.75) is 33.3 Å². The molecule has 3 heteroatoms. The van der Waals surface area contributed by atoms with Crippen LogP contribution >= 0.6 is 0 Å². The van der Waals surface area contributed by atoms with Crippen LogP contribution in [-0.2, 0) is 4.74 Å². The molecule has 0 aromatic heterocycles. The van der Waals surface area contributed by atoms with Gasteiger partial charge in [-0.1, -0.05) is 13.8 Å². The van der Waals surface area contributed by atoms with Gasteiger partial charge >= 0.3 is 0 Å². The number of hydrogen-bond acceptors (Lipinski definition) is 3. The van der Waals surface area contributed by atoms with Crippen molar-refractivity contribution in [3.63, 3.8) is 0 Å². The molecule has 14 heavy (non-hydrogen) atoms. The van der Waals surface area contributed by atoms with Crippen molar-refractivity contribution in [1.29, 1.82) is 0 Å². The first-order valence-corrected chi connectivity index (χ1v) is 5.57. The molecule has 1 unspecified atom stereocenters. The lowest BCUT2D eigenvalue weighted by Crippen LogP contribution is -2.41. The summed E-state index contributed by atoms with van der Waals surface area (Å²) in [6.07, 6.45) is 1.51. The van der Waals surface area contributed by atoms with E-state index in [1.54, 1.807) is 0 Å². The molecular formula is C11H24N2O. The largest absolute Gasteiger partial charge is 0.377 e. The van der Waals surface area contributed by atoms with Gasteiger partial charge in [0, 0.05) is 26.2 Å². The summed E-state index contributed by atoms with van der Waals surface area (Å²) in [5.74, 6) is 0. The lowest BCUT2D eigenvalue weighted by molar-refractivity contribution is 0.0622. The van der Waals surface area contributed by atoms with Crippen LogP contribution in [0.3, 0.4) is 0 Å². The Kier molecular flexibility index (Phi) is 4.35. The van der Waals surface area contributed by atoms with Crippen molar-refractivity contribution in [3.8, 4) is 0 Å². The number of nitrogens with zero attached hydrogens (tertiary/aromatic N) is 1. The predicted molar refractivity (Wildman–Crippen MR) is 59.3 cm³/mol. The minimum Gasteiger partial charge on any atom is -0.377 e. The van der Waals surface area contributed by atoms with Crippen molar-refractivity contribution < 1.29 is 4.74 Å². The third kappa shape index (κ3) is 3.95. The summed E-state index contributed by atoms with van der Waals surface area (Å²) in [4.78, 5) is 2.48. The van der Waals surface area contributed by atoms with E-state index in [-0.39, 0.29) is 5.41 Å². The molecule has 2 N–H and O–H groups in total. The molecule has 1 rings (SSSR count). The van der Waals surface area contributed by atoms with E-state index in [0.29, 0.717) is 6.10 Å². The molecule has 3 nitrogen and oxygen atoms in total. The Labute approximate surface area is 87.6 Å². The lowest BCUT2D eigenvalue weighted by Gasteiger charge is -2.31. The minimum absolute atomic E-state index is 0.226. The molecule has 0 aromatic carbocycles. The molecule has 0 spiro atoms. The summed E-state index contributed by atoms with van der Waals surface area (Å²) in [6.45, 7) is 11.5. The van der Waals surface area contributed by atoms with Crippen LogP contribution in [0.4, 0.5) is 0 Å². The minimum atomic E-state index is 0.226. The second-order valence-electron chi connectivity index (χ2n) is 5.14. The maximum absolute atomic E-state index is 5.74. The van der Waals surface area contributed by atoms with Gasteiger partial charge in [0.1, 0.15) is 0 Å². The van der Waals surface area contributed by atoms with Crippen LogP contribution in [0.2, 0.25) is 0 Å². The van der Waals surface area contributed by atoms with E-state index in [4.69, 9.17) is 10.5 Å². The van der Waals surface area contributed by atoms with E-state index in [1.165, 1.54) is 0 Å². The molecule has 1 heterocycles. The van der Waals surface area contributed by atoms with Crippen LogP contribution < -0.4 is 5.73 Å². The van der Waals surface area contributed by atoms with E-state index in [0.717, 1.165) is 39.2 Å². The Morgan fingerprint density at radius 2 is 2.21 bits per heavy atom. The van der Waals surface area contributed by atoms with Gasteiger partial charge in [0.05, 0.1) is 6.10 Å². The number of rotatable bonds is 3. The number of ether oxygens (including phenoxy) is 1. The molecule has 1 fully saturated rings. The predicted octanol–water partition coefficient (Wildman–Crippen LogP) is 1.08. The second kappa shape index (κ2) is 5.10. The molecule has 1 aliphatic rings. The average molecular weight is 200 g/mol. The zero-order chi connectivity index (χ0) is 10.6. The Morgan fingerprint density at radius 1 is 1.50 bits per heavy atom. The van der Waals surface area contributed by atoms with E-state index in [1.807, 2.05) is 0 Å². The van der Waals surface area contributed by atoms with Gasteiger partial charge in [-0.05, 0) is 25.3 Å². The van der Waals surface area contributed by atoms with Crippen molar-refractivity contribution in [1.82, 2.24) is 4.90 Å². The Morgan fingerprint density at radius 3 is 2.86 bits per heavy atom. The van der Waals surface area contributed by atoms with Gasteiger partial charge < -0.3 is 15.4 Å². The van der Waals surface area contributed by atoms with E-state index in [9.17, 15) is 0 Å². The van der Waals surface area contributed by atoms with E-state index in [2.05, 4.69) is 25.7 Å². The van der Waals surface area contributed by atoms with Crippen molar-refractivity contribution in [2.75, 3.05) is 32.8 Å². The third-order valence-corrected chi connectivity index (χ3v) is 2.74. The highest BCUT2D eigenvalue weighted by Gasteiger charge is 2.22. The molecule has 1 saturated heterocycles. The van der Waals surface area contributed by atoms with Gasteiger partial charge in [-0.2, -0.15) is 0 Å². The van der Waals surface area contributed by atoms with Crippen LogP contribution in [0.5, 0.6) is 0 Å². The number of nitrogens with two attached hydrogens (primary N) is 1. The van der Waals surface area contributed by atoms with Gasteiger partial charge in [0.15, 0.2) is 0 Å². The topological polar surface area (TPSA) is 38.5 Å². The van der Waals surface area contributed by atoms with Gasteiger partial charge in [-0.15, -0.1) is 0 Å². The van der Waals surface area contributed by atoms with Crippen LogP contribution in [-0.4, -0.2) is 43.8 Å². The molecule has 0 bridgehead atoms. The molecule has 0 saturated carbocycles. The van der Waals surface area contributed by atoms with Crippen LogP contribution in [0, 0.1) is 5.41 Å². The van der Waals surface area contributed by atoms with Gasteiger partial charge in [0.2, 0.25) is 0 Å². The fraction of sp³-hybridized carbons (Fsp3) is 1.00. The monoisotopic (exact) mass is 200 g/mol. The highest BCUT2D eigenvalue weighted by atomic mass is 16.5. The first-order chi connectivity index (χ1) is 6.53. The Hall–Kier alpha value is -0.120. The fourth-order valence-corrected chi connectivity index (χ4v) is 1.89. The lowest BCUT2D eigenvalue weighted by atomic mass is 9.93. The summed E-state index contributed by atoms with van der Waals surface area (Å²) >= 11 is 0. The van der Waals surface area contributed by atoms with E-state index < -0.39 is 0 Å². The fourth-order valence-electron chi connectivity index (χ4n) is 1.89. The normalized spacial score (nSPS) is 26.1. The van der Waals surface area contributed by atoms with Crippen molar-refractivity contribution in [3.05, 3.63) is 0 Å². The molecular weight excluding hydrogens is 176 g/mol. The van der Waals surface area contributed by atoms with E-state index >= 15 is 0 Å². The molecule has 1 aliphatic heterocycles. The van der Waals surface area contributed by atoms with Crippen LogP contribution in [0.1, 0.15) is 27.2 Å². The third-order valence-electron chi connectivity index (χ3n) is 2.74. The highest BCUT2D eigenvalue weighted by Crippen LogP contribution is 2.17. The maximum atomic E-state index is 5.74. The molecule has 1 atom stereocenters. The van der Waals surface area contributed by atoms with Gasteiger partial charge in [0.25, 0.3) is 0 Å². The zero-order valence-corrected chi connectivity index (χ0v) is 9.75. The summed E-state index contributed by atoms with van der Waals surface area (Å²) < 4.78 is 5.61. The average Bonchev–Trinajstić information content (AvgIpc) is 2.29. The maximum Gasteiger partial charge on any atom is 0.0673 e. The quantitative estimate of drug-likeness (QED) is 0.741. The zero-order valence-electron chi connectivity index (χ0n) is 9.75. The molecule has 0 radical (unpaired) electrons. The number of hydrogen-bond donors (Lipinski definition) is 1.